The van der Waals surface area contributed by atoms with Crippen molar-refractivity contribution in [3.63, 3.8) is 0 Å². The third-order valence-electron chi connectivity index (χ3n) is 4.51. The number of aromatic nitrogens is 1. The fourth-order valence-electron chi connectivity index (χ4n) is 2.76. The summed E-state index contributed by atoms with van der Waals surface area (Å²) in [6, 6.07) is 17.3. The number of ether oxygens (including phenoxy) is 1. The van der Waals surface area contributed by atoms with Crippen molar-refractivity contribution in [3.8, 4) is 5.75 Å². The average molecular weight is 361 g/mol. The zero-order valence-electron chi connectivity index (χ0n) is 15.7. The van der Waals surface area contributed by atoms with E-state index in [-0.39, 0.29) is 5.91 Å². The van der Waals surface area contributed by atoms with Crippen molar-refractivity contribution in [2.45, 2.75) is 20.4 Å². The van der Waals surface area contributed by atoms with Crippen LogP contribution in [0.5, 0.6) is 5.75 Å². The van der Waals surface area contributed by atoms with Gasteiger partial charge in [-0.25, -0.2) is 4.98 Å². The Labute approximate surface area is 159 Å². The molecule has 138 valence electrons. The summed E-state index contributed by atoms with van der Waals surface area (Å²) >= 11 is 0. The van der Waals surface area contributed by atoms with E-state index < -0.39 is 0 Å². The Balaban J connectivity index is 1.64. The van der Waals surface area contributed by atoms with Gasteiger partial charge in [0.1, 0.15) is 11.4 Å². The number of hydrogen-bond acceptors (Lipinski definition) is 4. The van der Waals surface area contributed by atoms with Crippen LogP contribution in [0.4, 0.5) is 11.4 Å². The first kappa shape index (κ1) is 18.5. The lowest BCUT2D eigenvalue weighted by molar-refractivity contribution is 0.0945. The zero-order valence-corrected chi connectivity index (χ0v) is 15.7. The number of pyridine rings is 1. The Morgan fingerprint density at radius 2 is 1.85 bits per heavy atom. The van der Waals surface area contributed by atoms with Crippen molar-refractivity contribution in [2.24, 2.45) is 0 Å². The molecule has 2 aromatic carbocycles. The third-order valence-corrected chi connectivity index (χ3v) is 4.51. The Hall–Kier alpha value is -3.34. The highest BCUT2D eigenvalue weighted by Crippen LogP contribution is 2.22. The summed E-state index contributed by atoms with van der Waals surface area (Å²) in [4.78, 5) is 16.6. The number of rotatable bonds is 6. The quantitative estimate of drug-likeness (QED) is 0.684. The maximum Gasteiger partial charge on any atom is 0.270 e. The molecular weight excluding hydrogens is 338 g/mol. The van der Waals surface area contributed by atoms with Crippen LogP contribution >= 0.6 is 0 Å². The number of carbonyl (C=O) groups is 1. The van der Waals surface area contributed by atoms with E-state index in [0.717, 1.165) is 22.7 Å². The zero-order chi connectivity index (χ0) is 19.2. The summed E-state index contributed by atoms with van der Waals surface area (Å²) in [5.41, 5.74) is 5.57. The smallest absolute Gasteiger partial charge is 0.270 e. The van der Waals surface area contributed by atoms with Crippen LogP contribution in [0.3, 0.4) is 0 Å². The molecule has 0 bridgehead atoms. The van der Waals surface area contributed by atoms with Crippen LogP contribution in [0.15, 0.2) is 60.8 Å². The van der Waals surface area contributed by atoms with Gasteiger partial charge in [0.05, 0.1) is 19.0 Å². The van der Waals surface area contributed by atoms with E-state index in [9.17, 15) is 4.79 Å². The molecular formula is C22H23N3O2. The van der Waals surface area contributed by atoms with Crippen molar-refractivity contribution in [1.82, 2.24) is 10.3 Å². The van der Waals surface area contributed by atoms with E-state index in [2.05, 4.69) is 35.5 Å². The van der Waals surface area contributed by atoms with E-state index in [1.807, 2.05) is 42.5 Å². The van der Waals surface area contributed by atoms with Gasteiger partial charge in [-0.05, 0) is 49.2 Å². The lowest BCUT2D eigenvalue weighted by Gasteiger charge is -2.12. The molecule has 3 rings (SSSR count). The molecule has 1 aromatic heterocycles. The molecule has 1 heterocycles. The Bertz CT molecular complexity index is 937. The SMILES string of the molecule is COc1ccccc1CNC(=O)c1ccc(Nc2cccc(C)c2C)cn1. The van der Waals surface area contributed by atoms with Crippen LogP contribution in [0.1, 0.15) is 27.2 Å². The number of nitrogens with one attached hydrogen (secondary N) is 2. The predicted molar refractivity (Wildman–Crippen MR) is 108 cm³/mol. The van der Waals surface area contributed by atoms with E-state index in [1.54, 1.807) is 19.4 Å². The highest BCUT2D eigenvalue weighted by molar-refractivity contribution is 5.92. The molecule has 0 fully saturated rings. The summed E-state index contributed by atoms with van der Waals surface area (Å²) < 4.78 is 5.30. The van der Waals surface area contributed by atoms with Gasteiger partial charge in [-0.2, -0.15) is 0 Å². The van der Waals surface area contributed by atoms with E-state index in [4.69, 9.17) is 4.74 Å². The van der Waals surface area contributed by atoms with Crippen molar-refractivity contribution in [2.75, 3.05) is 12.4 Å². The summed E-state index contributed by atoms with van der Waals surface area (Å²) in [5.74, 6) is 0.526. The first-order chi connectivity index (χ1) is 13.1. The van der Waals surface area contributed by atoms with Gasteiger partial charge in [0.25, 0.3) is 5.91 Å². The molecule has 0 spiro atoms. The van der Waals surface area contributed by atoms with Gasteiger partial charge in [-0.1, -0.05) is 30.3 Å². The first-order valence-corrected chi connectivity index (χ1v) is 8.78. The van der Waals surface area contributed by atoms with E-state index in [1.165, 1.54) is 11.1 Å². The number of aryl methyl sites for hydroxylation is 1. The van der Waals surface area contributed by atoms with Crippen molar-refractivity contribution < 1.29 is 9.53 Å². The Kier molecular flexibility index (Phi) is 5.71. The van der Waals surface area contributed by atoms with Gasteiger partial charge < -0.3 is 15.4 Å². The molecule has 0 atom stereocenters. The first-order valence-electron chi connectivity index (χ1n) is 8.78. The summed E-state index contributed by atoms with van der Waals surface area (Å²) in [5, 5.41) is 6.22. The van der Waals surface area contributed by atoms with Gasteiger partial charge >= 0.3 is 0 Å². The largest absolute Gasteiger partial charge is 0.496 e. The standard InChI is InChI=1S/C22H23N3O2/c1-15-7-6-9-19(16(15)2)25-18-11-12-20(23-14-18)22(26)24-13-17-8-4-5-10-21(17)27-3/h4-12,14,25H,13H2,1-3H3,(H,24,26). The molecule has 5 nitrogen and oxygen atoms in total. The normalized spacial score (nSPS) is 10.3. The number of methoxy groups -OCH3 is 1. The topological polar surface area (TPSA) is 63.2 Å². The molecule has 0 aliphatic carbocycles. The molecule has 1 amide bonds. The molecule has 2 N–H and O–H groups in total. The number of benzene rings is 2. The fourth-order valence-corrected chi connectivity index (χ4v) is 2.76. The number of nitrogens with zero attached hydrogens (tertiary/aromatic N) is 1. The number of hydrogen-bond donors (Lipinski definition) is 2. The van der Waals surface area contributed by atoms with Crippen LogP contribution < -0.4 is 15.4 Å². The summed E-state index contributed by atoms with van der Waals surface area (Å²) in [6.45, 7) is 4.53. The Morgan fingerprint density at radius 1 is 1.04 bits per heavy atom. The number of amides is 1. The number of para-hydroxylation sites is 1. The third kappa shape index (κ3) is 4.44. The van der Waals surface area contributed by atoms with Gasteiger partial charge in [-0.3, -0.25) is 4.79 Å². The summed E-state index contributed by atoms with van der Waals surface area (Å²) in [7, 11) is 1.61. The van der Waals surface area contributed by atoms with Crippen molar-refractivity contribution in [3.05, 3.63) is 83.2 Å². The number of anilines is 2. The second-order valence-electron chi connectivity index (χ2n) is 6.30. The molecule has 27 heavy (non-hydrogen) atoms. The van der Waals surface area contributed by atoms with E-state index >= 15 is 0 Å². The maximum absolute atomic E-state index is 12.4. The van der Waals surface area contributed by atoms with Crippen LogP contribution in [0, 0.1) is 13.8 Å². The minimum atomic E-state index is -0.223. The summed E-state index contributed by atoms with van der Waals surface area (Å²) in [6.07, 6.45) is 1.67. The second-order valence-corrected chi connectivity index (χ2v) is 6.30. The molecule has 0 saturated carbocycles. The Morgan fingerprint density at radius 3 is 2.59 bits per heavy atom. The van der Waals surface area contributed by atoms with Crippen LogP contribution in [-0.2, 0) is 6.54 Å². The second kappa shape index (κ2) is 8.36. The van der Waals surface area contributed by atoms with Gasteiger partial charge in [0, 0.05) is 17.8 Å². The minimum absolute atomic E-state index is 0.223. The molecule has 0 aliphatic rings. The monoisotopic (exact) mass is 361 g/mol. The van der Waals surface area contributed by atoms with Crippen molar-refractivity contribution >= 4 is 17.3 Å². The van der Waals surface area contributed by atoms with E-state index in [0.29, 0.717) is 12.2 Å². The average Bonchev–Trinajstić information content (AvgIpc) is 2.70. The van der Waals surface area contributed by atoms with Gasteiger partial charge in [-0.15, -0.1) is 0 Å². The molecule has 0 unspecified atom stereocenters. The van der Waals surface area contributed by atoms with Crippen LogP contribution in [-0.4, -0.2) is 18.0 Å². The lowest BCUT2D eigenvalue weighted by Crippen LogP contribution is -2.24. The van der Waals surface area contributed by atoms with Crippen LogP contribution in [0.25, 0.3) is 0 Å². The molecule has 3 aromatic rings. The fraction of sp³-hybridized carbons (Fsp3) is 0.182. The van der Waals surface area contributed by atoms with Crippen LogP contribution in [0.2, 0.25) is 0 Å². The highest BCUT2D eigenvalue weighted by atomic mass is 16.5. The molecule has 0 saturated heterocycles. The van der Waals surface area contributed by atoms with Gasteiger partial charge in [0.15, 0.2) is 0 Å². The molecule has 5 heteroatoms. The lowest BCUT2D eigenvalue weighted by atomic mass is 10.1. The van der Waals surface area contributed by atoms with Crippen molar-refractivity contribution in [1.29, 1.82) is 0 Å². The predicted octanol–water partition coefficient (Wildman–Crippen LogP) is 4.38. The molecule has 0 aliphatic heterocycles. The number of carbonyl (C=O) groups excluding carboxylic acids is 1. The van der Waals surface area contributed by atoms with Gasteiger partial charge in [0.2, 0.25) is 0 Å². The maximum atomic E-state index is 12.4. The minimum Gasteiger partial charge on any atom is -0.496 e. The highest BCUT2D eigenvalue weighted by Gasteiger charge is 2.09. The molecule has 0 radical (unpaired) electrons.